The summed E-state index contributed by atoms with van der Waals surface area (Å²) >= 11 is 0. The van der Waals surface area contributed by atoms with Crippen LogP contribution < -0.4 is 0 Å². The molecule has 0 spiro atoms. The molecule has 1 fully saturated rings. The zero-order valence-corrected chi connectivity index (χ0v) is 10.9. The van der Waals surface area contributed by atoms with Crippen molar-refractivity contribution in [1.29, 1.82) is 0 Å². The van der Waals surface area contributed by atoms with E-state index in [1.165, 1.54) is 11.0 Å². The highest BCUT2D eigenvalue weighted by molar-refractivity contribution is 6.07. The summed E-state index contributed by atoms with van der Waals surface area (Å²) in [5.74, 6) is -1.71. The molecule has 5 heteroatoms. The molecule has 2 rings (SSSR count). The van der Waals surface area contributed by atoms with Gasteiger partial charge in [0.2, 0.25) is 5.91 Å². The Labute approximate surface area is 116 Å². The Morgan fingerprint density at radius 2 is 1.85 bits per heavy atom. The first-order chi connectivity index (χ1) is 9.59. The number of carboxylic acids is 1. The minimum atomic E-state index is -1.00. The highest BCUT2D eigenvalue weighted by atomic mass is 16.4. The molecule has 1 aliphatic heterocycles. The van der Waals surface area contributed by atoms with Crippen molar-refractivity contribution in [3.05, 3.63) is 48.0 Å². The number of carbonyl (C=O) groups excluding carboxylic acids is 2. The SMILES string of the molecule is O=C(/C=C/C(=O)N1CCC[C@H]1C(=O)O)c1ccccc1. The van der Waals surface area contributed by atoms with E-state index in [0.29, 0.717) is 24.9 Å². The maximum atomic E-state index is 11.9. The molecule has 104 valence electrons. The first kappa shape index (κ1) is 14.0. The molecule has 1 aliphatic rings. The Bertz CT molecular complexity index is 550. The van der Waals surface area contributed by atoms with Crippen LogP contribution >= 0.6 is 0 Å². The molecule has 0 bridgehead atoms. The van der Waals surface area contributed by atoms with E-state index < -0.39 is 17.9 Å². The van der Waals surface area contributed by atoms with Crippen LogP contribution in [0.4, 0.5) is 0 Å². The minimum absolute atomic E-state index is 0.273. The topological polar surface area (TPSA) is 74.7 Å². The molecular weight excluding hydrogens is 258 g/mol. The summed E-state index contributed by atoms with van der Waals surface area (Å²) in [6.45, 7) is 0.416. The summed E-state index contributed by atoms with van der Waals surface area (Å²) in [5, 5.41) is 9.00. The number of allylic oxidation sites excluding steroid dienone is 1. The Balaban J connectivity index is 2.02. The van der Waals surface area contributed by atoms with Gasteiger partial charge in [-0.2, -0.15) is 0 Å². The third-order valence-corrected chi connectivity index (χ3v) is 3.26. The predicted octanol–water partition coefficient (Wildman–Crippen LogP) is 1.50. The first-order valence-electron chi connectivity index (χ1n) is 6.40. The van der Waals surface area contributed by atoms with Crippen molar-refractivity contribution in [2.45, 2.75) is 18.9 Å². The second kappa shape index (κ2) is 6.14. The van der Waals surface area contributed by atoms with Crippen LogP contribution in [0.15, 0.2) is 42.5 Å². The van der Waals surface area contributed by atoms with Crippen LogP contribution in [0, 0.1) is 0 Å². The maximum absolute atomic E-state index is 11.9. The van der Waals surface area contributed by atoms with Gasteiger partial charge in [-0.1, -0.05) is 30.3 Å². The maximum Gasteiger partial charge on any atom is 0.326 e. The Hall–Kier alpha value is -2.43. The van der Waals surface area contributed by atoms with E-state index in [1.54, 1.807) is 30.3 Å². The van der Waals surface area contributed by atoms with Gasteiger partial charge in [0.15, 0.2) is 5.78 Å². The van der Waals surface area contributed by atoms with Crippen LogP contribution in [-0.4, -0.2) is 40.3 Å². The zero-order chi connectivity index (χ0) is 14.5. The monoisotopic (exact) mass is 273 g/mol. The van der Waals surface area contributed by atoms with Crippen molar-refractivity contribution in [2.75, 3.05) is 6.54 Å². The molecule has 1 N–H and O–H groups in total. The Morgan fingerprint density at radius 3 is 2.50 bits per heavy atom. The van der Waals surface area contributed by atoms with Crippen molar-refractivity contribution >= 4 is 17.7 Å². The van der Waals surface area contributed by atoms with Crippen LogP contribution in [0.3, 0.4) is 0 Å². The summed E-state index contributed by atoms with van der Waals surface area (Å²) in [5.41, 5.74) is 0.493. The van der Waals surface area contributed by atoms with Gasteiger partial charge in [-0.3, -0.25) is 9.59 Å². The fourth-order valence-electron chi connectivity index (χ4n) is 2.23. The molecule has 1 amide bonds. The van der Waals surface area contributed by atoms with Crippen molar-refractivity contribution in [3.8, 4) is 0 Å². The van der Waals surface area contributed by atoms with Gasteiger partial charge in [-0.25, -0.2) is 4.79 Å². The lowest BCUT2D eigenvalue weighted by atomic mass is 10.1. The standard InChI is InChI=1S/C15H15NO4/c17-13(11-5-2-1-3-6-11)8-9-14(18)16-10-4-7-12(16)15(19)20/h1-3,5-6,8-9,12H,4,7,10H2,(H,19,20)/b9-8+/t12-/m0/s1. The van der Waals surface area contributed by atoms with E-state index in [9.17, 15) is 14.4 Å². The number of carbonyl (C=O) groups is 3. The lowest BCUT2D eigenvalue weighted by molar-refractivity contribution is -0.146. The molecule has 1 heterocycles. The average molecular weight is 273 g/mol. The fraction of sp³-hybridized carbons (Fsp3) is 0.267. The van der Waals surface area contributed by atoms with Gasteiger partial charge in [0.1, 0.15) is 6.04 Å². The molecule has 0 aromatic heterocycles. The smallest absolute Gasteiger partial charge is 0.326 e. The number of benzene rings is 1. The van der Waals surface area contributed by atoms with E-state index >= 15 is 0 Å². The van der Waals surface area contributed by atoms with E-state index in [-0.39, 0.29) is 5.78 Å². The summed E-state index contributed by atoms with van der Waals surface area (Å²) in [7, 11) is 0. The quantitative estimate of drug-likeness (QED) is 0.666. The number of hydrogen-bond donors (Lipinski definition) is 1. The number of likely N-dealkylation sites (tertiary alicyclic amines) is 1. The molecule has 1 saturated heterocycles. The largest absolute Gasteiger partial charge is 0.480 e. The zero-order valence-electron chi connectivity index (χ0n) is 10.9. The normalized spacial score (nSPS) is 18.4. The van der Waals surface area contributed by atoms with Gasteiger partial charge >= 0.3 is 5.97 Å². The number of amides is 1. The number of ketones is 1. The number of carboxylic acid groups (broad SMARTS) is 1. The summed E-state index contributed by atoms with van der Waals surface area (Å²) in [4.78, 5) is 36.0. The molecular formula is C15H15NO4. The molecule has 1 atom stereocenters. The van der Waals surface area contributed by atoms with Crippen molar-refractivity contribution in [3.63, 3.8) is 0 Å². The van der Waals surface area contributed by atoms with E-state index in [2.05, 4.69) is 0 Å². The average Bonchev–Trinajstić information content (AvgIpc) is 2.95. The summed E-state index contributed by atoms with van der Waals surface area (Å²) in [6, 6.07) is 7.82. The third-order valence-electron chi connectivity index (χ3n) is 3.26. The highest BCUT2D eigenvalue weighted by Crippen LogP contribution is 2.17. The molecule has 5 nitrogen and oxygen atoms in total. The second-order valence-electron chi connectivity index (χ2n) is 4.59. The van der Waals surface area contributed by atoms with Gasteiger partial charge in [-0.15, -0.1) is 0 Å². The number of hydrogen-bond acceptors (Lipinski definition) is 3. The molecule has 0 unspecified atom stereocenters. The first-order valence-corrected chi connectivity index (χ1v) is 6.40. The molecule has 1 aromatic carbocycles. The molecule has 1 aromatic rings. The molecule has 0 aliphatic carbocycles. The van der Waals surface area contributed by atoms with Crippen LogP contribution in [0.25, 0.3) is 0 Å². The van der Waals surface area contributed by atoms with Crippen LogP contribution in [0.2, 0.25) is 0 Å². The van der Waals surface area contributed by atoms with Crippen molar-refractivity contribution in [2.24, 2.45) is 0 Å². The van der Waals surface area contributed by atoms with Crippen LogP contribution in [0.5, 0.6) is 0 Å². The van der Waals surface area contributed by atoms with Crippen LogP contribution in [0.1, 0.15) is 23.2 Å². The second-order valence-corrected chi connectivity index (χ2v) is 4.59. The lowest BCUT2D eigenvalue weighted by Crippen LogP contribution is -2.39. The van der Waals surface area contributed by atoms with E-state index in [4.69, 9.17) is 5.11 Å². The molecule has 0 radical (unpaired) electrons. The van der Waals surface area contributed by atoms with Gasteiger partial charge in [0, 0.05) is 18.2 Å². The fourth-order valence-corrected chi connectivity index (χ4v) is 2.23. The predicted molar refractivity (Wildman–Crippen MR) is 72.3 cm³/mol. The Morgan fingerprint density at radius 1 is 1.15 bits per heavy atom. The van der Waals surface area contributed by atoms with Gasteiger partial charge in [0.05, 0.1) is 0 Å². The minimum Gasteiger partial charge on any atom is -0.480 e. The van der Waals surface area contributed by atoms with Crippen molar-refractivity contribution < 1.29 is 19.5 Å². The number of nitrogens with zero attached hydrogens (tertiary/aromatic N) is 1. The van der Waals surface area contributed by atoms with Gasteiger partial charge in [-0.05, 0) is 18.9 Å². The van der Waals surface area contributed by atoms with Gasteiger partial charge < -0.3 is 10.0 Å². The lowest BCUT2D eigenvalue weighted by Gasteiger charge is -2.19. The third kappa shape index (κ3) is 3.12. The van der Waals surface area contributed by atoms with E-state index in [1.807, 2.05) is 0 Å². The number of aliphatic carboxylic acids is 1. The molecule has 0 saturated carbocycles. The van der Waals surface area contributed by atoms with Crippen molar-refractivity contribution in [1.82, 2.24) is 4.90 Å². The Kier molecular flexibility index (Phi) is 4.30. The summed E-state index contributed by atoms with van der Waals surface area (Å²) in [6.07, 6.45) is 3.47. The molecule has 20 heavy (non-hydrogen) atoms. The van der Waals surface area contributed by atoms with E-state index in [0.717, 1.165) is 6.08 Å². The highest BCUT2D eigenvalue weighted by Gasteiger charge is 2.32. The number of rotatable bonds is 4. The summed E-state index contributed by atoms with van der Waals surface area (Å²) < 4.78 is 0. The van der Waals surface area contributed by atoms with Gasteiger partial charge in [0.25, 0.3) is 0 Å². The van der Waals surface area contributed by atoms with Crippen LogP contribution in [-0.2, 0) is 9.59 Å².